The van der Waals surface area contributed by atoms with Crippen LogP contribution in [-0.4, -0.2) is 43.8 Å². The van der Waals surface area contributed by atoms with Crippen molar-refractivity contribution in [2.45, 2.75) is 53.3 Å². The van der Waals surface area contributed by atoms with Crippen LogP contribution >= 0.6 is 0 Å². The van der Waals surface area contributed by atoms with Crippen LogP contribution in [0.25, 0.3) is 0 Å². The maximum absolute atomic E-state index is 9.87. The van der Waals surface area contributed by atoms with E-state index in [0.29, 0.717) is 0 Å². The molecule has 0 saturated carbocycles. The zero-order valence-electron chi connectivity index (χ0n) is 13.0. The van der Waals surface area contributed by atoms with Crippen LogP contribution in [0.2, 0.25) is 45.8 Å². The van der Waals surface area contributed by atoms with Crippen molar-refractivity contribution in [2.75, 3.05) is 0 Å². The third kappa shape index (κ3) is 13.2. The average molecular weight is 432 g/mol. The molecule has 0 aromatic rings. The minimum Gasteiger partial charge on any atom is -0.416 e. The molecule has 0 aliphatic carbocycles. The van der Waals surface area contributed by atoms with E-state index in [1.165, 1.54) is 0 Å². The van der Waals surface area contributed by atoms with Crippen LogP contribution in [0.3, 0.4) is 0 Å². The first kappa shape index (κ1) is 26.4. The maximum Gasteiger partial charge on any atom is 0.343 e. The minimum absolute atomic E-state index is 0. The molecule has 10 heteroatoms. The largest absolute Gasteiger partial charge is 0.416 e. The van der Waals surface area contributed by atoms with Crippen molar-refractivity contribution in [3.8, 4) is 0 Å². The van der Waals surface area contributed by atoms with Crippen molar-refractivity contribution in [1.29, 1.82) is 0 Å². The molecule has 0 bridgehead atoms. The Morgan fingerprint density at radius 1 is 0.800 bits per heavy atom. The van der Waals surface area contributed by atoms with Gasteiger partial charge in [0.05, 0.1) is 0 Å². The van der Waals surface area contributed by atoms with Crippen LogP contribution in [0.4, 0.5) is 0 Å². The predicted molar refractivity (Wildman–Crippen MR) is 88.7 cm³/mol. The van der Waals surface area contributed by atoms with Gasteiger partial charge < -0.3 is 21.9 Å². The maximum atomic E-state index is 9.87. The van der Waals surface area contributed by atoms with Gasteiger partial charge in [-0.2, -0.15) is 0 Å². The Balaban J connectivity index is -0.00000144. The van der Waals surface area contributed by atoms with E-state index in [0.717, 1.165) is 0 Å². The Morgan fingerprint density at radius 2 is 1.15 bits per heavy atom. The van der Waals surface area contributed by atoms with Crippen molar-refractivity contribution in [2.24, 2.45) is 0 Å². The topological polar surface area (TPSA) is 68.2 Å². The molecule has 5 nitrogen and oxygen atoms in total. The molecular formula is C10H30O5Si4Y. The molecule has 0 aliphatic rings. The third-order valence-electron chi connectivity index (χ3n) is 1.77. The fraction of sp³-hybridized carbons (Fsp3) is 0.800. The molecule has 0 spiro atoms. The van der Waals surface area contributed by atoms with Crippen LogP contribution in [-0.2, 0) is 45.1 Å². The summed E-state index contributed by atoms with van der Waals surface area (Å²) < 4.78 is 17.4. The average Bonchev–Trinajstić information content (AvgIpc) is 1.93. The van der Waals surface area contributed by atoms with Crippen molar-refractivity contribution in [3.63, 3.8) is 0 Å². The molecule has 1 unspecified atom stereocenters. The van der Waals surface area contributed by atoms with E-state index in [-0.39, 0.29) is 40.1 Å². The first-order valence-corrected chi connectivity index (χ1v) is 16.8. The summed E-state index contributed by atoms with van der Waals surface area (Å²) in [5, 5.41) is 0. The Hall–Kier alpha value is 1.51. The van der Waals surface area contributed by atoms with Gasteiger partial charge >= 0.3 is 34.2 Å². The number of hydrogen-bond donors (Lipinski definition) is 2. The van der Waals surface area contributed by atoms with Gasteiger partial charge in [0.1, 0.15) is 0 Å². The predicted octanol–water partition coefficient (Wildman–Crippen LogP) is 2.56. The quantitative estimate of drug-likeness (QED) is 0.607. The Kier molecular flexibility index (Phi) is 11.8. The molecule has 0 heterocycles. The van der Waals surface area contributed by atoms with Gasteiger partial charge in [-0.25, -0.2) is 0 Å². The molecule has 0 aliphatic heterocycles. The van der Waals surface area contributed by atoms with Gasteiger partial charge in [0.2, 0.25) is 0 Å². The molecule has 1 radical (unpaired) electrons. The van der Waals surface area contributed by atoms with E-state index in [9.17, 15) is 9.59 Å². The van der Waals surface area contributed by atoms with Crippen molar-refractivity contribution in [3.05, 3.63) is 12.3 Å². The van der Waals surface area contributed by atoms with Crippen LogP contribution < -0.4 is 0 Å². The fourth-order valence-corrected chi connectivity index (χ4v) is 16.1. The second-order valence-electron chi connectivity index (χ2n) is 5.82. The number of rotatable bonds is 7. The third-order valence-corrected chi connectivity index (χ3v) is 13.7. The normalized spacial score (nSPS) is 15.7. The first-order chi connectivity index (χ1) is 7.68. The molecule has 0 fully saturated rings. The van der Waals surface area contributed by atoms with Crippen molar-refractivity contribution < 1.29 is 54.6 Å². The Morgan fingerprint density at radius 3 is 1.40 bits per heavy atom. The summed E-state index contributed by atoms with van der Waals surface area (Å²) in [5.74, 6) is 0. The molecular weight excluding hydrogens is 401 g/mol. The summed E-state index contributed by atoms with van der Waals surface area (Å²) in [6.07, 6.45) is 0. The molecule has 0 aromatic heterocycles. The Labute approximate surface area is 153 Å². The van der Waals surface area contributed by atoms with Crippen LogP contribution in [0.15, 0.2) is 12.3 Å². The molecule has 119 valence electrons. The summed E-state index contributed by atoms with van der Waals surface area (Å²) in [7, 11) is -10.5. The summed E-state index contributed by atoms with van der Waals surface area (Å²) in [4.78, 5) is 19.7. The van der Waals surface area contributed by atoms with E-state index in [2.05, 4.69) is 6.58 Å². The van der Waals surface area contributed by atoms with Gasteiger partial charge in [-0.1, -0.05) is 13.1 Å². The van der Waals surface area contributed by atoms with Crippen LogP contribution in [0.1, 0.15) is 7.43 Å². The summed E-state index contributed by atoms with van der Waals surface area (Å²) in [6.45, 7) is 16.1. The smallest absolute Gasteiger partial charge is 0.343 e. The monoisotopic (exact) mass is 431 g/mol. The van der Waals surface area contributed by atoms with E-state index in [4.69, 9.17) is 12.3 Å². The van der Waals surface area contributed by atoms with E-state index in [1.807, 2.05) is 19.6 Å². The van der Waals surface area contributed by atoms with Gasteiger partial charge in [-0.15, -0.1) is 6.58 Å². The van der Waals surface area contributed by atoms with Crippen LogP contribution in [0.5, 0.6) is 0 Å². The SMILES string of the molecule is C.C=C[Si](C)(O[Si](C)(C)O)O[Si](C)(C)O[Si](C)(C)O.[Y]. The summed E-state index contributed by atoms with van der Waals surface area (Å²) in [6, 6.07) is 0. The standard InChI is InChI=1S/C9H26O5Si4.CH4.Y/c1-9-18(8,13-16(4,5)11)14-17(6,7)12-15(2,3)10;;/h9-11H,1H2,2-8H3;1H4;. The molecule has 0 saturated heterocycles. The Bertz CT molecular complexity index is 303. The van der Waals surface area contributed by atoms with Gasteiger partial charge in [0.25, 0.3) is 0 Å². The zero-order chi connectivity index (χ0) is 14.8. The zero-order valence-corrected chi connectivity index (χ0v) is 19.8. The van der Waals surface area contributed by atoms with E-state index < -0.39 is 34.2 Å². The van der Waals surface area contributed by atoms with E-state index in [1.54, 1.807) is 31.9 Å². The van der Waals surface area contributed by atoms with Gasteiger partial charge in [-0.3, -0.25) is 0 Å². The second-order valence-corrected chi connectivity index (χ2v) is 19.3. The molecule has 0 amide bonds. The first-order valence-electron chi connectivity index (χ1n) is 5.87. The second kappa shape index (κ2) is 8.97. The minimum atomic E-state index is -2.69. The van der Waals surface area contributed by atoms with Crippen LogP contribution in [0, 0.1) is 0 Å². The molecule has 0 rings (SSSR count). The molecule has 1 atom stereocenters. The summed E-state index contributed by atoms with van der Waals surface area (Å²) in [5.41, 5.74) is 1.64. The summed E-state index contributed by atoms with van der Waals surface area (Å²) >= 11 is 0. The molecule has 20 heavy (non-hydrogen) atoms. The molecule has 2 N–H and O–H groups in total. The van der Waals surface area contributed by atoms with Gasteiger partial charge in [0, 0.05) is 32.7 Å². The van der Waals surface area contributed by atoms with Crippen molar-refractivity contribution >= 4 is 34.2 Å². The molecule has 0 aromatic carbocycles. The fourth-order valence-electron chi connectivity index (χ4n) is 1.71. The van der Waals surface area contributed by atoms with Gasteiger partial charge in [0.15, 0.2) is 0 Å². The van der Waals surface area contributed by atoms with E-state index >= 15 is 0 Å². The van der Waals surface area contributed by atoms with Crippen molar-refractivity contribution in [1.82, 2.24) is 0 Å². The number of hydrogen-bond acceptors (Lipinski definition) is 5. The van der Waals surface area contributed by atoms with Gasteiger partial charge in [-0.05, 0) is 45.8 Å².